The zero-order chi connectivity index (χ0) is 68.6. The quantitative estimate of drug-likeness (QED) is 0.118. The summed E-state index contributed by atoms with van der Waals surface area (Å²) in [7, 11) is 0. The number of pyridine rings is 1. The van der Waals surface area contributed by atoms with Gasteiger partial charge in [-0.1, -0.05) is 163 Å². The highest BCUT2D eigenvalue weighted by atomic mass is 16.5. The summed E-state index contributed by atoms with van der Waals surface area (Å²) in [6, 6.07) is 25.1. The largest absolute Gasteiger partial charge is 0.458 e. The molecule has 0 spiro atoms. The van der Waals surface area contributed by atoms with Gasteiger partial charge in [0, 0.05) is 54.6 Å². The summed E-state index contributed by atoms with van der Waals surface area (Å²) >= 11 is 0. The fourth-order valence-corrected chi connectivity index (χ4v) is 8.66. The minimum Gasteiger partial charge on any atom is -0.458 e. The van der Waals surface area contributed by atoms with Crippen LogP contribution in [0.5, 0.6) is 11.5 Å². The number of hydrogen-bond acceptors (Lipinski definition) is 2. The second kappa shape index (κ2) is 15.4. The molecule has 0 amide bonds. The van der Waals surface area contributed by atoms with Crippen molar-refractivity contribution in [2.45, 2.75) is 84.0 Å². The minimum absolute atomic E-state index is 0.0991. The van der Waals surface area contributed by atoms with E-state index < -0.39 is 128 Å². The van der Waals surface area contributed by atoms with Gasteiger partial charge in [-0.2, -0.15) is 0 Å². The fourth-order valence-electron chi connectivity index (χ4n) is 8.66. The maximum absolute atomic E-state index is 10.1. The summed E-state index contributed by atoms with van der Waals surface area (Å²) in [5.41, 5.74) is -11.4. The summed E-state index contributed by atoms with van der Waals surface area (Å²) in [4.78, 5) is 4.66. The Kier molecular flexibility index (Phi) is 5.00. The Morgan fingerprint density at radius 1 is 0.697 bits per heavy atom. The summed E-state index contributed by atoms with van der Waals surface area (Å²) in [6.07, 6.45) is -4.46. The van der Waals surface area contributed by atoms with Gasteiger partial charge in [0.25, 0.3) is 6.33 Å². The molecule has 7 aromatic carbocycles. The van der Waals surface area contributed by atoms with Crippen LogP contribution in [-0.4, -0.2) is 14.1 Å². The highest BCUT2D eigenvalue weighted by Crippen LogP contribution is 2.48. The first-order chi connectivity index (χ1) is 42.8. The molecule has 0 radical (unpaired) electrons. The Morgan fingerprint density at radius 2 is 1.44 bits per heavy atom. The van der Waals surface area contributed by atoms with Crippen LogP contribution in [0.2, 0.25) is 0 Å². The number of rotatable bonds is 7. The van der Waals surface area contributed by atoms with Crippen molar-refractivity contribution in [3.8, 4) is 50.9 Å². The molecule has 1 aliphatic rings. The number of para-hydroxylation sites is 4. The van der Waals surface area contributed by atoms with Gasteiger partial charge < -0.3 is 4.74 Å². The number of fused-ring (bicyclic) bond motifs is 5. The van der Waals surface area contributed by atoms with E-state index in [1.165, 1.54) is 24.4 Å². The normalized spacial score (nSPS) is 22.9. The topological polar surface area (TPSA) is 35.9 Å². The molecule has 0 aliphatic heterocycles. The van der Waals surface area contributed by atoms with Gasteiger partial charge in [-0.05, 0) is 117 Å². The lowest BCUT2D eigenvalue weighted by molar-refractivity contribution is -0.572. The molecule has 1 aliphatic carbocycles. The van der Waals surface area contributed by atoms with Gasteiger partial charge in [-0.25, -0.2) is 4.98 Å². The number of hydrogen-bond donors (Lipinski definition) is 0. The Hall–Kier alpha value is -7.24. The molecule has 0 saturated carbocycles. The number of imidazole rings is 1. The first-order valence-corrected chi connectivity index (χ1v) is 21.0. The van der Waals surface area contributed by atoms with Gasteiger partial charge in [0.15, 0.2) is 0 Å². The van der Waals surface area contributed by atoms with Crippen LogP contribution in [0.3, 0.4) is 0 Å². The van der Waals surface area contributed by atoms with E-state index in [0.29, 0.717) is 44.5 Å². The Bertz CT molecular complexity index is 4690. The maximum Gasteiger partial charge on any atom is 0.269 e. The van der Waals surface area contributed by atoms with E-state index in [-0.39, 0.29) is 39.5 Å². The van der Waals surface area contributed by atoms with Crippen molar-refractivity contribution in [2.75, 3.05) is 0 Å². The number of aromatic nitrogens is 4. The average Bonchev–Trinajstić information content (AvgIpc) is 1.61. The van der Waals surface area contributed by atoms with Crippen molar-refractivity contribution >= 4 is 32.8 Å². The molecule has 0 N–H and O–H groups in total. The molecule has 0 fully saturated rings. The minimum atomic E-state index is -4.52. The van der Waals surface area contributed by atoms with E-state index in [4.69, 9.17) is 32.2 Å². The lowest BCUT2D eigenvalue weighted by atomic mass is 9.63. The highest BCUT2D eigenvalue weighted by molar-refractivity contribution is 6.09. The fraction of sp³-hybridized carbons (Fsp3) is 0.213. The Morgan fingerprint density at radius 3 is 2.24 bits per heavy atom. The van der Waals surface area contributed by atoms with Crippen molar-refractivity contribution in [3.05, 3.63) is 198 Å². The summed E-state index contributed by atoms with van der Waals surface area (Å²) in [5.74, 6) is 0.708. The molecule has 5 nitrogen and oxygen atoms in total. The first kappa shape index (κ1) is 21.4. The van der Waals surface area contributed by atoms with Crippen LogP contribution in [-0.2, 0) is 16.2 Å². The van der Waals surface area contributed by atoms with E-state index >= 15 is 0 Å². The zero-order valence-corrected chi connectivity index (χ0v) is 35.7. The van der Waals surface area contributed by atoms with Crippen molar-refractivity contribution in [1.29, 1.82) is 0 Å². The van der Waals surface area contributed by atoms with Gasteiger partial charge in [0.2, 0.25) is 0 Å². The van der Waals surface area contributed by atoms with E-state index in [0.717, 1.165) is 5.39 Å². The van der Waals surface area contributed by atoms with Crippen molar-refractivity contribution in [1.82, 2.24) is 14.1 Å². The average molecular weight is 888 g/mol. The van der Waals surface area contributed by atoms with Crippen LogP contribution < -0.4 is 9.30 Å². The monoisotopic (exact) mass is 888 g/mol. The van der Waals surface area contributed by atoms with Crippen LogP contribution >= 0.6 is 0 Å². The molecule has 0 saturated heterocycles. The van der Waals surface area contributed by atoms with Crippen molar-refractivity contribution < 1.29 is 46.3 Å². The van der Waals surface area contributed by atoms with Crippen LogP contribution in [0.25, 0.3) is 72.3 Å². The molecule has 10 aromatic rings. The van der Waals surface area contributed by atoms with Gasteiger partial charge in [-0.3, -0.25) is 13.7 Å². The standard InChI is InChI=1S/C61H56N4O/c1-40-34-57(62-38-49(40)41-18-10-9-11-19-41)65-53-25-13-12-22-47(53)48-30-29-45(37-56(48)65)66-44-21-16-20-43(36-44)63-39-64(55-27-15-14-26-54(55)63)58-46(23-17-24-51(58)59(2,3)4)42-28-31-50-52(35-42)61(7,8)33-32-60(50,5)6/h9-31,34-38H,32-33H2,1-8H3/i1D3,5D3,6D3,7D3,8D3,9D,10D,11D,18D,19D,28D,31D,32D2,33D2,35D. The zero-order valence-electron chi connectivity index (χ0n) is 62.7. The van der Waals surface area contributed by atoms with Crippen LogP contribution in [0, 0.1) is 13.2 Å². The molecule has 0 bridgehead atoms. The lowest BCUT2D eigenvalue weighted by Gasteiger charge is -2.42. The van der Waals surface area contributed by atoms with Gasteiger partial charge >= 0.3 is 0 Å². The summed E-state index contributed by atoms with van der Waals surface area (Å²) < 4.78 is 252. The number of benzene rings is 7. The molecule has 11 rings (SSSR count). The molecular formula is C61H56N4O. The van der Waals surface area contributed by atoms with Crippen LogP contribution in [0.15, 0.2) is 170 Å². The van der Waals surface area contributed by atoms with E-state index in [1.807, 2.05) is 45.0 Å². The molecule has 66 heavy (non-hydrogen) atoms. The molecule has 3 aromatic heterocycles. The van der Waals surface area contributed by atoms with Crippen molar-refractivity contribution in [3.63, 3.8) is 0 Å². The Labute approximate surface area is 426 Å². The third-order valence-corrected chi connectivity index (χ3v) is 11.7. The second-order valence-corrected chi connectivity index (χ2v) is 17.2. The second-order valence-electron chi connectivity index (χ2n) is 17.2. The summed E-state index contributed by atoms with van der Waals surface area (Å²) in [5, 5.41) is 1.47. The predicted octanol–water partition coefficient (Wildman–Crippen LogP) is 15.3. The molecule has 3 heterocycles. The van der Waals surface area contributed by atoms with Crippen LogP contribution in [0.4, 0.5) is 0 Å². The summed E-state index contributed by atoms with van der Waals surface area (Å²) in [6.45, 7) is -14.4. The lowest BCUT2D eigenvalue weighted by Crippen LogP contribution is -2.35. The Balaban J connectivity index is 1.10. The third kappa shape index (κ3) is 7.00. The first-order valence-electron chi connectivity index (χ1n) is 34.5. The van der Waals surface area contributed by atoms with E-state index in [1.54, 1.807) is 86.5 Å². The molecule has 0 atom stereocenters. The molecular weight excluding hydrogens is 805 g/mol. The predicted molar refractivity (Wildman–Crippen MR) is 272 cm³/mol. The molecule has 0 unspecified atom stereocenters. The smallest absolute Gasteiger partial charge is 0.269 e. The maximum atomic E-state index is 10.1. The number of aryl methyl sites for hydroxylation is 1. The van der Waals surface area contributed by atoms with E-state index in [9.17, 15) is 9.60 Å². The van der Waals surface area contributed by atoms with Gasteiger partial charge in [0.05, 0.1) is 44.4 Å². The molecule has 326 valence electrons. The van der Waals surface area contributed by atoms with Crippen LogP contribution in [0.1, 0.15) is 120 Å². The van der Waals surface area contributed by atoms with Gasteiger partial charge in [-0.15, -0.1) is 0 Å². The SMILES string of the molecule is [2H]c1c([2H])c([2H])c(-c2cnc(-n3c4ccccc4c4ccc(Oc5cccc(-n6[c-][n+](-c7c(-c8c([2H])c([2H])c9c(c8[2H])C(C([2H])([2H])[2H])(C([2H])([2H])[2H])C([2H])([2H])C([2H])([2H])C9(C([2H])([2H])[2H])C([2H])([2H])[2H])cccc7C(C)(C)C)c7ccccc76)c5)cc43)cc2C([2H])([2H])[2H])c([2H])c1[2H]. The number of ether oxygens (including phenoxy) is 1. The highest BCUT2D eigenvalue weighted by Gasteiger charge is 2.37. The number of nitrogens with zero attached hydrogens (tertiary/aromatic N) is 4. The third-order valence-electron chi connectivity index (χ3n) is 11.7. The van der Waals surface area contributed by atoms with E-state index in [2.05, 4.69) is 11.3 Å². The molecule has 5 heteroatoms. The van der Waals surface area contributed by atoms with Gasteiger partial charge in [0.1, 0.15) is 17.3 Å². The van der Waals surface area contributed by atoms with Crippen molar-refractivity contribution in [2.24, 2.45) is 0 Å².